The number of nitrogens with zero attached hydrogens (tertiary/aromatic N) is 1. The van der Waals surface area contributed by atoms with Crippen molar-refractivity contribution in [1.29, 1.82) is 0 Å². The van der Waals surface area contributed by atoms with E-state index in [1.165, 1.54) is 0 Å². The molecule has 0 aliphatic carbocycles. The molecule has 21 heavy (non-hydrogen) atoms. The van der Waals surface area contributed by atoms with E-state index in [1.807, 2.05) is 0 Å². The predicted molar refractivity (Wildman–Crippen MR) is 60.6 cm³/mol. The maximum atomic E-state index is 13.6. The Morgan fingerprint density at radius 1 is 1.33 bits per heavy atom. The first-order valence-electron chi connectivity index (χ1n) is 5.12. The quantitative estimate of drug-likeness (QED) is 0.501. The number of hydrogen-bond donors (Lipinski definition) is 1. The van der Waals surface area contributed by atoms with Crippen molar-refractivity contribution >= 4 is 15.7 Å². The van der Waals surface area contributed by atoms with Crippen LogP contribution in [0.15, 0.2) is 17.0 Å². The highest BCUT2D eigenvalue weighted by Gasteiger charge is 2.29. The number of alkyl halides is 3. The molecule has 1 aromatic rings. The number of primary sulfonamides is 1. The van der Waals surface area contributed by atoms with Crippen LogP contribution in [0.5, 0.6) is 5.75 Å². The summed E-state index contributed by atoms with van der Waals surface area (Å²) >= 11 is 0. The monoisotopic (exact) mass is 332 g/mol. The molecule has 0 saturated carbocycles. The van der Waals surface area contributed by atoms with Crippen molar-refractivity contribution in [1.82, 2.24) is 0 Å². The van der Waals surface area contributed by atoms with Gasteiger partial charge in [-0.3, -0.25) is 10.1 Å². The van der Waals surface area contributed by atoms with Crippen LogP contribution >= 0.6 is 0 Å². The fourth-order valence-electron chi connectivity index (χ4n) is 1.28. The van der Waals surface area contributed by atoms with Crippen molar-refractivity contribution in [2.45, 2.75) is 17.5 Å². The molecule has 0 unspecified atom stereocenters. The highest BCUT2D eigenvalue weighted by atomic mass is 32.2. The smallest absolute Gasteiger partial charge is 0.392 e. The Bertz CT molecular complexity index is 659. The predicted octanol–water partition coefficient (Wildman–Crippen LogP) is 1.71. The van der Waals surface area contributed by atoms with E-state index in [2.05, 4.69) is 4.74 Å². The number of sulfonamides is 1. The fraction of sp³-hybridized carbons (Fsp3) is 0.333. The van der Waals surface area contributed by atoms with E-state index in [0.717, 1.165) is 0 Å². The molecule has 1 aromatic carbocycles. The van der Waals surface area contributed by atoms with Crippen molar-refractivity contribution in [2.24, 2.45) is 5.14 Å². The van der Waals surface area contributed by atoms with E-state index in [0.29, 0.717) is 12.1 Å². The lowest BCUT2D eigenvalue weighted by Gasteiger charge is -2.12. The standard InChI is InChI=1S/C9H8F4N2O5S/c10-6-3-5(15(16)17)4-7(21(14,18)19)8(6)20-2-1-9(11,12)13/h3-4H,1-2H2,(H2,14,18,19). The van der Waals surface area contributed by atoms with Gasteiger partial charge in [-0.05, 0) is 0 Å². The molecule has 0 fully saturated rings. The van der Waals surface area contributed by atoms with Crippen LogP contribution in [0.2, 0.25) is 0 Å². The first kappa shape index (κ1) is 17.1. The number of halogens is 4. The van der Waals surface area contributed by atoms with Crippen molar-refractivity contribution in [3.05, 3.63) is 28.1 Å². The van der Waals surface area contributed by atoms with Gasteiger partial charge in [0, 0.05) is 6.07 Å². The van der Waals surface area contributed by atoms with Crippen LogP contribution in [-0.2, 0) is 10.0 Å². The molecular weight excluding hydrogens is 324 g/mol. The van der Waals surface area contributed by atoms with E-state index in [1.54, 1.807) is 0 Å². The van der Waals surface area contributed by atoms with Crippen molar-refractivity contribution < 1.29 is 35.6 Å². The van der Waals surface area contributed by atoms with Gasteiger partial charge in [-0.2, -0.15) is 13.2 Å². The van der Waals surface area contributed by atoms with Crippen LogP contribution in [0.25, 0.3) is 0 Å². The topological polar surface area (TPSA) is 113 Å². The zero-order chi connectivity index (χ0) is 16.4. The molecule has 0 heterocycles. The minimum absolute atomic E-state index is 0.317. The molecule has 12 heteroatoms. The van der Waals surface area contributed by atoms with E-state index in [4.69, 9.17) is 5.14 Å². The SMILES string of the molecule is NS(=O)(=O)c1cc([N+](=O)[O-])cc(F)c1OCCC(F)(F)F. The van der Waals surface area contributed by atoms with Gasteiger partial charge in [0.25, 0.3) is 5.69 Å². The highest BCUT2D eigenvalue weighted by molar-refractivity contribution is 7.89. The minimum atomic E-state index is -4.63. The summed E-state index contributed by atoms with van der Waals surface area (Å²) in [5, 5.41) is 15.2. The minimum Gasteiger partial charge on any atom is -0.489 e. The number of hydrogen-bond acceptors (Lipinski definition) is 5. The average Bonchev–Trinajstić information content (AvgIpc) is 2.27. The Balaban J connectivity index is 3.21. The molecule has 0 spiro atoms. The summed E-state index contributed by atoms with van der Waals surface area (Å²) in [6.07, 6.45) is -6.06. The molecule has 0 aromatic heterocycles. The van der Waals surface area contributed by atoms with Crippen molar-refractivity contribution in [3.63, 3.8) is 0 Å². The molecule has 0 aliphatic heterocycles. The maximum absolute atomic E-state index is 13.6. The number of nitrogens with two attached hydrogens (primary N) is 1. The second-order valence-electron chi connectivity index (χ2n) is 3.77. The molecule has 0 amide bonds. The lowest BCUT2D eigenvalue weighted by atomic mass is 10.3. The Morgan fingerprint density at radius 2 is 1.90 bits per heavy atom. The van der Waals surface area contributed by atoms with E-state index < -0.39 is 56.3 Å². The number of ether oxygens (including phenoxy) is 1. The Morgan fingerprint density at radius 3 is 2.33 bits per heavy atom. The molecule has 0 radical (unpaired) electrons. The fourth-order valence-corrected chi connectivity index (χ4v) is 1.98. The summed E-state index contributed by atoms with van der Waals surface area (Å²) in [6.45, 7) is -1.07. The Hall–Kier alpha value is -1.95. The molecule has 0 bridgehead atoms. The third-order valence-corrected chi connectivity index (χ3v) is 3.06. The summed E-state index contributed by atoms with van der Waals surface area (Å²) < 4.78 is 76.3. The zero-order valence-corrected chi connectivity index (χ0v) is 10.9. The molecule has 1 rings (SSSR count). The Labute approximate surface area is 115 Å². The summed E-state index contributed by atoms with van der Waals surface area (Å²) in [5.41, 5.74) is -0.931. The molecule has 0 aliphatic rings. The number of nitro groups is 1. The lowest BCUT2D eigenvalue weighted by Crippen LogP contribution is -2.18. The Kier molecular flexibility index (Phi) is 4.73. The second kappa shape index (κ2) is 5.81. The van der Waals surface area contributed by atoms with Gasteiger partial charge < -0.3 is 4.74 Å². The number of nitro benzene ring substituents is 1. The summed E-state index contributed by atoms with van der Waals surface area (Å²) in [4.78, 5) is 8.32. The van der Waals surface area contributed by atoms with Gasteiger partial charge in [-0.15, -0.1) is 0 Å². The molecular formula is C9H8F4N2O5S. The van der Waals surface area contributed by atoms with Gasteiger partial charge in [-0.1, -0.05) is 0 Å². The summed E-state index contributed by atoms with van der Waals surface area (Å²) in [7, 11) is -4.63. The number of benzene rings is 1. The van der Waals surface area contributed by atoms with Gasteiger partial charge in [-0.25, -0.2) is 17.9 Å². The third-order valence-electron chi connectivity index (χ3n) is 2.14. The van der Waals surface area contributed by atoms with Gasteiger partial charge in [0.1, 0.15) is 4.90 Å². The molecule has 2 N–H and O–H groups in total. The van der Waals surface area contributed by atoms with Crippen molar-refractivity contribution in [2.75, 3.05) is 6.61 Å². The normalized spacial score (nSPS) is 12.2. The van der Waals surface area contributed by atoms with Crippen LogP contribution in [0.4, 0.5) is 23.2 Å². The van der Waals surface area contributed by atoms with Crippen LogP contribution < -0.4 is 9.88 Å². The van der Waals surface area contributed by atoms with Crippen LogP contribution in [-0.4, -0.2) is 26.1 Å². The molecule has 118 valence electrons. The van der Waals surface area contributed by atoms with Crippen LogP contribution in [0, 0.1) is 15.9 Å². The molecule has 0 atom stereocenters. The lowest BCUT2D eigenvalue weighted by molar-refractivity contribution is -0.385. The molecule has 7 nitrogen and oxygen atoms in total. The zero-order valence-electron chi connectivity index (χ0n) is 10.1. The summed E-state index contributed by atoms with van der Waals surface area (Å²) in [5.74, 6) is -2.59. The first-order chi connectivity index (χ1) is 9.42. The van der Waals surface area contributed by atoms with E-state index in [-0.39, 0.29) is 0 Å². The first-order valence-corrected chi connectivity index (χ1v) is 6.67. The highest BCUT2D eigenvalue weighted by Crippen LogP contribution is 2.32. The van der Waals surface area contributed by atoms with Crippen LogP contribution in [0.3, 0.4) is 0 Å². The molecule has 0 saturated heterocycles. The average molecular weight is 332 g/mol. The largest absolute Gasteiger partial charge is 0.489 e. The maximum Gasteiger partial charge on any atom is 0.392 e. The van der Waals surface area contributed by atoms with Gasteiger partial charge in [0.15, 0.2) is 11.6 Å². The summed E-state index contributed by atoms with van der Waals surface area (Å²) in [6, 6.07) is 0.721. The van der Waals surface area contributed by atoms with Gasteiger partial charge in [0.2, 0.25) is 10.0 Å². The van der Waals surface area contributed by atoms with E-state index in [9.17, 15) is 36.1 Å². The third kappa shape index (κ3) is 4.82. The van der Waals surface area contributed by atoms with Crippen molar-refractivity contribution in [3.8, 4) is 5.75 Å². The van der Waals surface area contributed by atoms with Gasteiger partial charge >= 0.3 is 6.18 Å². The second-order valence-corrected chi connectivity index (χ2v) is 5.30. The van der Waals surface area contributed by atoms with Gasteiger partial charge in [0.05, 0.1) is 24.0 Å². The number of rotatable bonds is 5. The number of non-ortho nitro benzene ring substituents is 1. The van der Waals surface area contributed by atoms with Crippen LogP contribution in [0.1, 0.15) is 6.42 Å². The van der Waals surface area contributed by atoms with E-state index >= 15 is 0 Å².